The van der Waals surface area contributed by atoms with Crippen LogP contribution in [0.25, 0.3) is 0 Å². The lowest BCUT2D eigenvalue weighted by atomic mass is 10.3. The van der Waals surface area contributed by atoms with Crippen LogP contribution in [0.3, 0.4) is 0 Å². The molecular formula is C4H5NO2. The number of nitrogens with zero attached hydrogens (tertiary/aromatic N) is 1. The van der Waals surface area contributed by atoms with Crippen molar-refractivity contribution in [3.8, 4) is 6.07 Å². The van der Waals surface area contributed by atoms with Gasteiger partial charge < -0.3 is 9.84 Å². The molecule has 1 aliphatic rings. The predicted molar refractivity (Wildman–Crippen MR) is 21.4 cm³/mol. The Morgan fingerprint density at radius 3 is 2.71 bits per heavy atom. The van der Waals surface area contributed by atoms with Crippen LogP contribution in [0.15, 0.2) is 0 Å². The average molecular weight is 99.1 g/mol. The molecule has 0 aromatic heterocycles. The number of aliphatic hydroxyl groups excluding tert-OH is 1. The molecule has 1 N–H and O–H groups in total. The summed E-state index contributed by atoms with van der Waals surface area (Å²) in [4.78, 5) is 0. The average Bonchev–Trinajstić information content (AvgIpc) is 2.44. The molecule has 1 heterocycles. The Morgan fingerprint density at radius 1 is 2.00 bits per heavy atom. The molecule has 0 spiro atoms. The lowest BCUT2D eigenvalue weighted by Gasteiger charge is -1.87. The summed E-state index contributed by atoms with van der Waals surface area (Å²) in [5, 5.41) is 16.5. The van der Waals surface area contributed by atoms with Gasteiger partial charge in [-0.2, -0.15) is 5.26 Å². The van der Waals surface area contributed by atoms with E-state index >= 15 is 0 Å². The molecule has 1 rings (SSSR count). The van der Waals surface area contributed by atoms with E-state index in [9.17, 15) is 0 Å². The van der Waals surface area contributed by atoms with Crippen molar-refractivity contribution < 1.29 is 9.84 Å². The highest BCUT2D eigenvalue weighted by molar-refractivity contribution is 4.94. The maximum absolute atomic E-state index is 8.51. The predicted octanol–water partition coefficient (Wildman–Crippen LogP) is -0.730. The van der Waals surface area contributed by atoms with Crippen LogP contribution in [0.1, 0.15) is 0 Å². The molecule has 2 atom stereocenters. The van der Waals surface area contributed by atoms with Gasteiger partial charge in [0.1, 0.15) is 6.10 Å². The van der Waals surface area contributed by atoms with Crippen LogP contribution in [0.5, 0.6) is 0 Å². The molecule has 0 aromatic rings. The fraction of sp³-hybridized carbons (Fsp3) is 0.750. The Labute approximate surface area is 41.1 Å². The molecule has 1 fully saturated rings. The van der Waals surface area contributed by atoms with Gasteiger partial charge in [0.25, 0.3) is 0 Å². The fourth-order valence-electron chi connectivity index (χ4n) is 0.321. The Hall–Kier alpha value is -0.590. The number of rotatable bonds is 1. The van der Waals surface area contributed by atoms with Crippen LogP contribution < -0.4 is 0 Å². The third-order valence-electron chi connectivity index (χ3n) is 0.844. The Morgan fingerprint density at radius 2 is 2.57 bits per heavy atom. The number of epoxide rings is 1. The lowest BCUT2D eigenvalue weighted by molar-refractivity contribution is 0.184. The third kappa shape index (κ3) is 0.889. The lowest BCUT2D eigenvalue weighted by Crippen LogP contribution is -2.10. The molecule has 0 bridgehead atoms. The summed E-state index contributed by atoms with van der Waals surface area (Å²) in [6, 6.07) is 1.66. The van der Waals surface area contributed by atoms with Crippen molar-refractivity contribution in [1.29, 1.82) is 5.26 Å². The Balaban J connectivity index is 2.27. The van der Waals surface area contributed by atoms with E-state index in [0.717, 1.165) is 0 Å². The molecule has 0 aromatic carbocycles. The normalized spacial score (nSPS) is 31.1. The molecule has 1 saturated heterocycles. The van der Waals surface area contributed by atoms with Crippen LogP contribution in [0.4, 0.5) is 0 Å². The molecular weight excluding hydrogens is 94.0 g/mol. The Bertz CT molecular complexity index is 103. The highest BCUT2D eigenvalue weighted by Gasteiger charge is 2.30. The zero-order chi connectivity index (χ0) is 5.28. The molecule has 0 amide bonds. The number of aliphatic hydroxyl groups is 1. The van der Waals surface area contributed by atoms with Gasteiger partial charge in [0, 0.05) is 0 Å². The second-order valence-electron chi connectivity index (χ2n) is 1.45. The van der Waals surface area contributed by atoms with E-state index in [2.05, 4.69) is 4.74 Å². The van der Waals surface area contributed by atoms with Crippen molar-refractivity contribution in [2.45, 2.75) is 12.2 Å². The van der Waals surface area contributed by atoms with Crippen molar-refractivity contribution in [1.82, 2.24) is 0 Å². The minimum Gasteiger partial charge on any atom is -0.375 e. The van der Waals surface area contributed by atoms with Gasteiger partial charge in [-0.15, -0.1) is 0 Å². The first-order valence-electron chi connectivity index (χ1n) is 2.04. The van der Waals surface area contributed by atoms with Gasteiger partial charge in [0.15, 0.2) is 6.10 Å². The minimum absolute atomic E-state index is 0.190. The summed E-state index contributed by atoms with van der Waals surface area (Å²) < 4.78 is 4.59. The minimum atomic E-state index is -0.903. The van der Waals surface area contributed by atoms with Crippen LogP contribution >= 0.6 is 0 Å². The summed E-state index contributed by atoms with van der Waals surface area (Å²) in [5.41, 5.74) is 0. The van der Waals surface area contributed by atoms with E-state index in [4.69, 9.17) is 10.4 Å². The van der Waals surface area contributed by atoms with Gasteiger partial charge in [-0.3, -0.25) is 0 Å². The van der Waals surface area contributed by atoms with Gasteiger partial charge >= 0.3 is 0 Å². The van der Waals surface area contributed by atoms with Gasteiger partial charge in [-0.25, -0.2) is 0 Å². The van der Waals surface area contributed by atoms with Crippen LogP contribution in [0, 0.1) is 11.3 Å². The van der Waals surface area contributed by atoms with E-state index < -0.39 is 6.10 Å². The van der Waals surface area contributed by atoms with E-state index in [1.807, 2.05) is 0 Å². The fourth-order valence-corrected chi connectivity index (χ4v) is 0.321. The molecule has 2 unspecified atom stereocenters. The van der Waals surface area contributed by atoms with E-state index in [-0.39, 0.29) is 6.10 Å². The highest BCUT2D eigenvalue weighted by Crippen LogP contribution is 2.12. The van der Waals surface area contributed by atoms with Crippen molar-refractivity contribution in [2.24, 2.45) is 0 Å². The van der Waals surface area contributed by atoms with Gasteiger partial charge in [0.2, 0.25) is 0 Å². The second-order valence-corrected chi connectivity index (χ2v) is 1.45. The van der Waals surface area contributed by atoms with Crippen LogP contribution in [-0.4, -0.2) is 23.9 Å². The molecule has 0 radical (unpaired) electrons. The summed E-state index contributed by atoms with van der Waals surface area (Å²) >= 11 is 0. The standard InChI is InChI=1S/C4H5NO2/c5-1-3(6)4-2-7-4/h3-4,6H,2H2. The Kier molecular flexibility index (Phi) is 0.970. The van der Waals surface area contributed by atoms with E-state index in [0.29, 0.717) is 6.61 Å². The maximum atomic E-state index is 8.51. The van der Waals surface area contributed by atoms with E-state index in [1.54, 1.807) is 6.07 Å². The van der Waals surface area contributed by atoms with Crippen LogP contribution in [0.2, 0.25) is 0 Å². The summed E-state index contributed by atoms with van der Waals surface area (Å²) in [7, 11) is 0. The topological polar surface area (TPSA) is 56.5 Å². The summed E-state index contributed by atoms with van der Waals surface area (Å²) in [6.45, 7) is 0.536. The number of ether oxygens (including phenoxy) is 1. The maximum Gasteiger partial charge on any atom is 0.168 e. The summed E-state index contributed by atoms with van der Waals surface area (Å²) in [5.74, 6) is 0. The SMILES string of the molecule is N#CC(O)C1CO1. The number of nitriles is 1. The van der Waals surface area contributed by atoms with Crippen molar-refractivity contribution in [3.63, 3.8) is 0 Å². The van der Waals surface area contributed by atoms with Gasteiger partial charge in [-0.1, -0.05) is 0 Å². The monoisotopic (exact) mass is 99.0 g/mol. The molecule has 0 saturated carbocycles. The van der Waals surface area contributed by atoms with Crippen LogP contribution in [-0.2, 0) is 4.74 Å². The molecule has 3 heteroatoms. The molecule has 0 aliphatic carbocycles. The molecule has 3 nitrogen and oxygen atoms in total. The van der Waals surface area contributed by atoms with Crippen molar-refractivity contribution in [3.05, 3.63) is 0 Å². The van der Waals surface area contributed by atoms with Crippen molar-refractivity contribution >= 4 is 0 Å². The quantitative estimate of drug-likeness (QED) is 0.348. The number of hydrogen-bond donors (Lipinski definition) is 1. The molecule has 1 aliphatic heterocycles. The van der Waals surface area contributed by atoms with Gasteiger partial charge in [0.05, 0.1) is 12.7 Å². The first-order chi connectivity index (χ1) is 3.34. The zero-order valence-electron chi connectivity index (χ0n) is 3.66. The zero-order valence-corrected chi connectivity index (χ0v) is 3.66. The first kappa shape index (κ1) is 4.57. The third-order valence-corrected chi connectivity index (χ3v) is 0.844. The second kappa shape index (κ2) is 1.49. The number of hydrogen-bond acceptors (Lipinski definition) is 3. The van der Waals surface area contributed by atoms with Gasteiger partial charge in [-0.05, 0) is 0 Å². The van der Waals surface area contributed by atoms with E-state index in [1.165, 1.54) is 0 Å². The van der Waals surface area contributed by atoms with Crippen molar-refractivity contribution in [2.75, 3.05) is 6.61 Å². The smallest absolute Gasteiger partial charge is 0.168 e. The highest BCUT2D eigenvalue weighted by atomic mass is 16.6. The largest absolute Gasteiger partial charge is 0.375 e. The molecule has 38 valence electrons. The summed E-state index contributed by atoms with van der Waals surface area (Å²) in [6.07, 6.45) is -1.09. The molecule has 7 heavy (non-hydrogen) atoms. The first-order valence-corrected chi connectivity index (χ1v) is 2.04.